The molecule has 2 aromatic rings. The van der Waals surface area contributed by atoms with E-state index in [1.54, 1.807) is 0 Å². The molecule has 0 aromatic heterocycles. The van der Waals surface area contributed by atoms with E-state index in [0.717, 1.165) is 18.5 Å². The highest BCUT2D eigenvalue weighted by Crippen LogP contribution is 2.31. The number of amides is 1. The van der Waals surface area contributed by atoms with Crippen molar-refractivity contribution in [3.05, 3.63) is 64.7 Å². The first kappa shape index (κ1) is 17.8. The van der Waals surface area contributed by atoms with E-state index in [-0.39, 0.29) is 11.3 Å². The van der Waals surface area contributed by atoms with Crippen LogP contribution in [0.15, 0.2) is 48.5 Å². The number of halogens is 1. The van der Waals surface area contributed by atoms with Crippen LogP contribution in [0, 0.1) is 5.41 Å². The molecule has 1 fully saturated rings. The molecule has 132 valence electrons. The lowest BCUT2D eigenvalue weighted by molar-refractivity contribution is 0.0772. The Morgan fingerprint density at radius 3 is 2.64 bits per heavy atom. The van der Waals surface area contributed by atoms with Crippen molar-refractivity contribution in [2.24, 2.45) is 11.1 Å². The van der Waals surface area contributed by atoms with Crippen LogP contribution in [0.5, 0.6) is 5.75 Å². The predicted octanol–water partition coefficient (Wildman–Crippen LogP) is 3.73. The Hall–Kier alpha value is -2.04. The van der Waals surface area contributed by atoms with Crippen molar-refractivity contribution in [1.29, 1.82) is 0 Å². The Kier molecular flexibility index (Phi) is 5.30. The zero-order valence-electron chi connectivity index (χ0n) is 14.4. The molecule has 2 aromatic carbocycles. The Morgan fingerprint density at radius 2 is 1.96 bits per heavy atom. The number of carbonyl (C=O) groups is 1. The Bertz CT molecular complexity index is 748. The molecule has 1 saturated heterocycles. The molecule has 3 rings (SSSR count). The van der Waals surface area contributed by atoms with Gasteiger partial charge >= 0.3 is 0 Å². The first-order valence-corrected chi connectivity index (χ1v) is 8.84. The molecule has 1 unspecified atom stereocenters. The fourth-order valence-corrected chi connectivity index (χ4v) is 3.17. The predicted molar refractivity (Wildman–Crippen MR) is 99.9 cm³/mol. The van der Waals surface area contributed by atoms with Gasteiger partial charge in [0.05, 0.1) is 5.56 Å². The molecule has 0 spiro atoms. The summed E-state index contributed by atoms with van der Waals surface area (Å²) in [5.74, 6) is 0.604. The summed E-state index contributed by atoms with van der Waals surface area (Å²) in [5.41, 5.74) is 7.46. The summed E-state index contributed by atoms with van der Waals surface area (Å²) in [6, 6.07) is 14.9. The molecule has 0 bridgehead atoms. The lowest BCUT2D eigenvalue weighted by Gasteiger charge is -2.23. The van der Waals surface area contributed by atoms with Gasteiger partial charge in [-0.25, -0.2) is 0 Å². The van der Waals surface area contributed by atoms with E-state index in [9.17, 15) is 4.79 Å². The molecule has 25 heavy (non-hydrogen) atoms. The Labute approximate surface area is 153 Å². The van der Waals surface area contributed by atoms with Crippen LogP contribution in [0.25, 0.3) is 0 Å². The van der Waals surface area contributed by atoms with E-state index in [4.69, 9.17) is 22.1 Å². The van der Waals surface area contributed by atoms with Crippen molar-refractivity contribution in [2.45, 2.75) is 20.0 Å². The van der Waals surface area contributed by atoms with Gasteiger partial charge in [0.2, 0.25) is 0 Å². The average Bonchev–Trinajstić information content (AvgIpc) is 3.04. The van der Waals surface area contributed by atoms with Crippen LogP contribution < -0.4 is 10.5 Å². The van der Waals surface area contributed by atoms with Crippen molar-refractivity contribution in [2.75, 3.05) is 19.6 Å². The number of hydrogen-bond donors (Lipinski definition) is 1. The lowest BCUT2D eigenvalue weighted by atomic mass is 9.90. The first-order chi connectivity index (χ1) is 12.0. The van der Waals surface area contributed by atoms with Gasteiger partial charge in [0, 0.05) is 18.1 Å². The third-order valence-electron chi connectivity index (χ3n) is 4.76. The third kappa shape index (κ3) is 4.14. The summed E-state index contributed by atoms with van der Waals surface area (Å²) in [6.45, 7) is 4.53. The molecule has 1 amide bonds. The fraction of sp³-hybridized carbons (Fsp3) is 0.350. The van der Waals surface area contributed by atoms with Crippen molar-refractivity contribution in [3.8, 4) is 5.75 Å². The van der Waals surface area contributed by atoms with E-state index in [0.29, 0.717) is 36.0 Å². The summed E-state index contributed by atoms with van der Waals surface area (Å²) in [5, 5.41) is 0.691. The maximum absolute atomic E-state index is 12.9. The molecular formula is C20H23ClN2O2. The molecule has 0 radical (unpaired) electrons. The van der Waals surface area contributed by atoms with E-state index in [1.807, 2.05) is 53.4 Å². The first-order valence-electron chi connectivity index (χ1n) is 8.46. The van der Waals surface area contributed by atoms with Crippen molar-refractivity contribution in [3.63, 3.8) is 0 Å². The van der Waals surface area contributed by atoms with Crippen molar-refractivity contribution >= 4 is 17.5 Å². The third-order valence-corrected chi connectivity index (χ3v) is 5.01. The molecule has 1 aliphatic heterocycles. The molecule has 4 nitrogen and oxygen atoms in total. The molecule has 5 heteroatoms. The van der Waals surface area contributed by atoms with Gasteiger partial charge in [-0.1, -0.05) is 42.8 Å². The van der Waals surface area contributed by atoms with Crippen LogP contribution in [0.4, 0.5) is 0 Å². The summed E-state index contributed by atoms with van der Waals surface area (Å²) < 4.78 is 5.91. The number of rotatable bonds is 5. The van der Waals surface area contributed by atoms with E-state index >= 15 is 0 Å². The molecule has 2 N–H and O–H groups in total. The lowest BCUT2D eigenvalue weighted by Crippen LogP contribution is -2.34. The monoisotopic (exact) mass is 358 g/mol. The summed E-state index contributed by atoms with van der Waals surface area (Å²) in [6.07, 6.45) is 0.934. The van der Waals surface area contributed by atoms with Gasteiger partial charge in [-0.3, -0.25) is 4.79 Å². The van der Waals surface area contributed by atoms with Gasteiger partial charge in [-0.2, -0.15) is 0 Å². The minimum atomic E-state index is 0.00359. The van der Waals surface area contributed by atoms with Crippen molar-refractivity contribution < 1.29 is 9.53 Å². The topological polar surface area (TPSA) is 55.6 Å². The summed E-state index contributed by atoms with van der Waals surface area (Å²) >= 11 is 5.90. The van der Waals surface area contributed by atoms with Crippen LogP contribution in [-0.2, 0) is 6.61 Å². The van der Waals surface area contributed by atoms with Crippen LogP contribution in [0.2, 0.25) is 5.02 Å². The summed E-state index contributed by atoms with van der Waals surface area (Å²) in [4.78, 5) is 14.8. The van der Waals surface area contributed by atoms with Gasteiger partial charge in [0.25, 0.3) is 5.91 Å². The minimum absolute atomic E-state index is 0.00359. The number of ether oxygens (including phenoxy) is 1. The summed E-state index contributed by atoms with van der Waals surface area (Å²) in [7, 11) is 0. The highest BCUT2D eigenvalue weighted by molar-refractivity contribution is 6.30. The Morgan fingerprint density at radius 1 is 1.24 bits per heavy atom. The zero-order valence-corrected chi connectivity index (χ0v) is 15.1. The highest BCUT2D eigenvalue weighted by atomic mass is 35.5. The minimum Gasteiger partial charge on any atom is -0.488 e. The molecule has 1 heterocycles. The van der Waals surface area contributed by atoms with Crippen molar-refractivity contribution in [1.82, 2.24) is 4.90 Å². The van der Waals surface area contributed by atoms with E-state index < -0.39 is 0 Å². The van der Waals surface area contributed by atoms with Gasteiger partial charge in [-0.05, 0) is 48.2 Å². The Balaban J connectivity index is 1.72. The number of likely N-dealkylation sites (tertiary alicyclic amines) is 1. The van der Waals surface area contributed by atoms with Crippen LogP contribution >= 0.6 is 11.6 Å². The smallest absolute Gasteiger partial charge is 0.257 e. The van der Waals surface area contributed by atoms with Gasteiger partial charge in [0.1, 0.15) is 12.4 Å². The zero-order chi connectivity index (χ0) is 17.9. The maximum Gasteiger partial charge on any atom is 0.257 e. The number of nitrogens with two attached hydrogens (primary N) is 1. The second-order valence-electron chi connectivity index (χ2n) is 6.90. The molecule has 1 aliphatic rings. The fourth-order valence-electron chi connectivity index (χ4n) is 3.04. The normalized spacial score (nSPS) is 19.9. The SMILES string of the molecule is CC1(CN)CCN(C(=O)c2ccccc2OCc2ccc(Cl)cc2)C1. The number of para-hydroxylation sites is 1. The molecule has 0 aliphatic carbocycles. The standard InChI is InChI=1S/C20H23ClN2O2/c1-20(13-22)10-11-23(14-20)19(24)17-4-2-3-5-18(17)25-12-15-6-8-16(21)9-7-15/h2-9H,10-14,22H2,1H3. The van der Waals surface area contributed by atoms with Gasteiger partial charge < -0.3 is 15.4 Å². The molecular weight excluding hydrogens is 336 g/mol. The van der Waals surface area contributed by atoms with Crippen LogP contribution in [0.3, 0.4) is 0 Å². The highest BCUT2D eigenvalue weighted by Gasteiger charge is 2.35. The molecule has 1 atom stereocenters. The maximum atomic E-state index is 12.9. The second-order valence-corrected chi connectivity index (χ2v) is 7.34. The average molecular weight is 359 g/mol. The van der Waals surface area contributed by atoms with E-state index in [2.05, 4.69) is 6.92 Å². The van der Waals surface area contributed by atoms with Crippen LogP contribution in [-0.4, -0.2) is 30.4 Å². The molecule has 0 saturated carbocycles. The number of benzene rings is 2. The number of hydrogen-bond acceptors (Lipinski definition) is 3. The van der Waals surface area contributed by atoms with Gasteiger partial charge in [0.15, 0.2) is 0 Å². The second kappa shape index (κ2) is 7.46. The largest absolute Gasteiger partial charge is 0.488 e. The number of carbonyl (C=O) groups excluding carboxylic acids is 1. The van der Waals surface area contributed by atoms with E-state index in [1.165, 1.54) is 0 Å². The quantitative estimate of drug-likeness (QED) is 0.886. The number of nitrogens with zero attached hydrogens (tertiary/aromatic N) is 1. The van der Waals surface area contributed by atoms with Crippen LogP contribution in [0.1, 0.15) is 29.3 Å². The van der Waals surface area contributed by atoms with Gasteiger partial charge in [-0.15, -0.1) is 0 Å².